The summed E-state index contributed by atoms with van der Waals surface area (Å²) >= 11 is 0. The highest BCUT2D eigenvalue weighted by atomic mass is 16.5. The number of aromatic nitrogens is 2. The molecule has 0 saturated carbocycles. The van der Waals surface area contributed by atoms with E-state index in [-0.39, 0.29) is 6.61 Å². The van der Waals surface area contributed by atoms with Crippen molar-refractivity contribution in [3.05, 3.63) is 36.4 Å². The summed E-state index contributed by atoms with van der Waals surface area (Å²) in [7, 11) is 7.14. The Morgan fingerprint density at radius 2 is 1.79 bits per heavy atom. The largest absolute Gasteiger partial charge is 0.493 e. The summed E-state index contributed by atoms with van der Waals surface area (Å²) in [5.41, 5.74) is 2.63. The molecule has 8 nitrogen and oxygen atoms in total. The van der Waals surface area contributed by atoms with E-state index in [2.05, 4.69) is 20.6 Å². The van der Waals surface area contributed by atoms with Crippen molar-refractivity contribution in [3.8, 4) is 11.5 Å². The van der Waals surface area contributed by atoms with Gasteiger partial charge in [0.05, 0.1) is 26.3 Å². The standard InChI is InChI=1S/C20H25N5O3/c1-25(2)14-7-5-6-13(10-14)22-20-23-16-12-18(28-4)17(27-3)11-15(16)19(24-20)21-8-9-26/h5-7,10-12,26H,8-9H2,1-4H3,(H2,21,22,23,24). The molecule has 0 bridgehead atoms. The summed E-state index contributed by atoms with van der Waals surface area (Å²) < 4.78 is 10.8. The third kappa shape index (κ3) is 4.17. The maximum Gasteiger partial charge on any atom is 0.229 e. The molecule has 0 fully saturated rings. The molecule has 0 radical (unpaired) electrons. The molecule has 148 valence electrons. The number of rotatable bonds is 8. The molecule has 3 aromatic rings. The predicted octanol–water partition coefficient (Wildman–Crippen LogP) is 2.86. The second-order valence-corrected chi connectivity index (χ2v) is 6.34. The number of anilines is 4. The van der Waals surface area contributed by atoms with E-state index in [4.69, 9.17) is 9.47 Å². The van der Waals surface area contributed by atoms with Gasteiger partial charge in [-0.25, -0.2) is 4.98 Å². The number of aliphatic hydroxyl groups is 1. The van der Waals surface area contributed by atoms with Crippen molar-refractivity contribution in [2.75, 3.05) is 57.0 Å². The van der Waals surface area contributed by atoms with Crippen LogP contribution in [0.2, 0.25) is 0 Å². The van der Waals surface area contributed by atoms with E-state index in [1.165, 1.54) is 0 Å². The van der Waals surface area contributed by atoms with Gasteiger partial charge < -0.3 is 30.1 Å². The molecule has 0 unspecified atom stereocenters. The van der Waals surface area contributed by atoms with Crippen LogP contribution in [0.25, 0.3) is 10.9 Å². The number of hydrogen-bond donors (Lipinski definition) is 3. The summed E-state index contributed by atoms with van der Waals surface area (Å²) in [5, 5.41) is 16.4. The van der Waals surface area contributed by atoms with Crippen molar-refractivity contribution < 1.29 is 14.6 Å². The molecule has 1 aromatic heterocycles. The third-order valence-electron chi connectivity index (χ3n) is 4.22. The molecule has 0 atom stereocenters. The zero-order chi connectivity index (χ0) is 20.1. The molecule has 0 saturated heterocycles. The first-order valence-corrected chi connectivity index (χ1v) is 8.88. The average molecular weight is 383 g/mol. The van der Waals surface area contributed by atoms with Gasteiger partial charge in [-0.15, -0.1) is 0 Å². The monoisotopic (exact) mass is 383 g/mol. The Bertz CT molecular complexity index is 962. The van der Waals surface area contributed by atoms with E-state index >= 15 is 0 Å². The van der Waals surface area contributed by atoms with Gasteiger partial charge in [0.25, 0.3) is 0 Å². The Morgan fingerprint density at radius 3 is 2.46 bits per heavy atom. The van der Waals surface area contributed by atoms with Crippen LogP contribution in [-0.2, 0) is 0 Å². The second-order valence-electron chi connectivity index (χ2n) is 6.34. The zero-order valence-corrected chi connectivity index (χ0v) is 16.5. The van der Waals surface area contributed by atoms with Gasteiger partial charge in [-0.1, -0.05) is 6.07 Å². The number of benzene rings is 2. The minimum absolute atomic E-state index is 0.00751. The predicted molar refractivity (Wildman–Crippen MR) is 112 cm³/mol. The molecule has 3 N–H and O–H groups in total. The second kappa shape index (κ2) is 8.62. The first kappa shape index (κ1) is 19.5. The van der Waals surface area contributed by atoms with Gasteiger partial charge in [0, 0.05) is 43.5 Å². The van der Waals surface area contributed by atoms with E-state index in [1.54, 1.807) is 20.3 Å². The van der Waals surface area contributed by atoms with E-state index < -0.39 is 0 Å². The van der Waals surface area contributed by atoms with Gasteiger partial charge in [-0.05, 0) is 24.3 Å². The van der Waals surface area contributed by atoms with E-state index in [9.17, 15) is 5.11 Å². The molecule has 28 heavy (non-hydrogen) atoms. The summed E-state index contributed by atoms with van der Waals surface area (Å²) in [5.74, 6) is 2.22. The Morgan fingerprint density at radius 1 is 1.04 bits per heavy atom. The number of hydrogen-bond acceptors (Lipinski definition) is 8. The van der Waals surface area contributed by atoms with Crippen LogP contribution in [0.3, 0.4) is 0 Å². The number of ether oxygens (including phenoxy) is 2. The summed E-state index contributed by atoms with van der Waals surface area (Å²) in [6.07, 6.45) is 0. The lowest BCUT2D eigenvalue weighted by atomic mass is 10.2. The van der Waals surface area contributed by atoms with Gasteiger partial charge in [0.2, 0.25) is 5.95 Å². The van der Waals surface area contributed by atoms with Crippen LogP contribution >= 0.6 is 0 Å². The third-order valence-corrected chi connectivity index (χ3v) is 4.22. The molecule has 0 amide bonds. The lowest BCUT2D eigenvalue weighted by molar-refractivity contribution is 0.311. The van der Waals surface area contributed by atoms with Crippen LogP contribution in [0, 0.1) is 0 Å². The van der Waals surface area contributed by atoms with Crippen molar-refractivity contribution in [2.24, 2.45) is 0 Å². The van der Waals surface area contributed by atoms with Crippen molar-refractivity contribution >= 4 is 34.0 Å². The van der Waals surface area contributed by atoms with Crippen molar-refractivity contribution in [1.29, 1.82) is 0 Å². The summed E-state index contributed by atoms with van der Waals surface area (Å²) in [4.78, 5) is 11.2. The first-order chi connectivity index (χ1) is 13.5. The molecule has 0 aliphatic rings. The highest BCUT2D eigenvalue weighted by Crippen LogP contribution is 2.35. The molecule has 0 spiro atoms. The van der Waals surface area contributed by atoms with Crippen molar-refractivity contribution in [3.63, 3.8) is 0 Å². The fourth-order valence-electron chi connectivity index (χ4n) is 2.81. The average Bonchev–Trinajstić information content (AvgIpc) is 2.71. The molecule has 3 rings (SSSR count). The molecule has 0 aliphatic heterocycles. The van der Waals surface area contributed by atoms with Crippen molar-refractivity contribution in [1.82, 2.24) is 9.97 Å². The Labute approximate surface area is 164 Å². The molecule has 8 heteroatoms. The van der Waals surface area contributed by atoms with Crippen LogP contribution in [-0.4, -0.2) is 56.5 Å². The van der Waals surface area contributed by atoms with Gasteiger partial charge in [-0.2, -0.15) is 4.98 Å². The highest BCUT2D eigenvalue weighted by Gasteiger charge is 2.13. The molecule has 2 aromatic carbocycles. The maximum absolute atomic E-state index is 9.20. The Kier molecular flexibility index (Phi) is 6.00. The lowest BCUT2D eigenvalue weighted by Crippen LogP contribution is -2.10. The topological polar surface area (TPSA) is 91.8 Å². The van der Waals surface area contributed by atoms with Crippen LogP contribution in [0.4, 0.5) is 23.1 Å². The first-order valence-electron chi connectivity index (χ1n) is 8.88. The van der Waals surface area contributed by atoms with Crippen molar-refractivity contribution in [2.45, 2.75) is 0 Å². The number of nitrogens with one attached hydrogen (secondary N) is 2. The van der Waals surface area contributed by atoms with Crippen LogP contribution in [0.5, 0.6) is 11.5 Å². The van der Waals surface area contributed by atoms with Gasteiger partial charge in [0.1, 0.15) is 5.82 Å². The van der Waals surface area contributed by atoms with Crippen LogP contribution < -0.4 is 25.0 Å². The SMILES string of the molecule is COc1cc2nc(Nc3cccc(N(C)C)c3)nc(NCCO)c2cc1OC. The number of aliphatic hydroxyl groups excluding tert-OH is 1. The Balaban J connectivity index is 2.06. The van der Waals surface area contributed by atoms with E-state index in [0.717, 1.165) is 16.8 Å². The summed E-state index contributed by atoms with van der Waals surface area (Å²) in [6, 6.07) is 11.6. The normalized spacial score (nSPS) is 10.6. The number of fused-ring (bicyclic) bond motifs is 1. The Hall–Kier alpha value is -3.26. The fraction of sp³-hybridized carbons (Fsp3) is 0.300. The van der Waals surface area contributed by atoms with Gasteiger partial charge in [-0.3, -0.25) is 0 Å². The van der Waals surface area contributed by atoms with Crippen LogP contribution in [0.15, 0.2) is 36.4 Å². The quantitative estimate of drug-likeness (QED) is 0.547. The lowest BCUT2D eigenvalue weighted by Gasteiger charge is -2.16. The van der Waals surface area contributed by atoms with Crippen LogP contribution in [0.1, 0.15) is 0 Å². The molecular weight excluding hydrogens is 358 g/mol. The van der Waals surface area contributed by atoms with Gasteiger partial charge in [0.15, 0.2) is 11.5 Å². The minimum Gasteiger partial charge on any atom is -0.493 e. The highest BCUT2D eigenvalue weighted by molar-refractivity contribution is 5.93. The molecule has 1 heterocycles. The number of methoxy groups -OCH3 is 2. The molecular formula is C20H25N5O3. The maximum atomic E-state index is 9.20. The smallest absolute Gasteiger partial charge is 0.229 e. The molecule has 0 aliphatic carbocycles. The zero-order valence-electron chi connectivity index (χ0n) is 16.5. The fourth-order valence-corrected chi connectivity index (χ4v) is 2.81. The van der Waals surface area contributed by atoms with E-state index in [0.29, 0.717) is 35.3 Å². The number of nitrogens with zero attached hydrogens (tertiary/aromatic N) is 3. The van der Waals surface area contributed by atoms with E-state index in [1.807, 2.05) is 49.3 Å². The van der Waals surface area contributed by atoms with Gasteiger partial charge >= 0.3 is 0 Å². The summed E-state index contributed by atoms with van der Waals surface area (Å²) in [6.45, 7) is 0.364. The minimum atomic E-state index is -0.00751.